The minimum atomic E-state index is 0.428. The van der Waals surface area contributed by atoms with Gasteiger partial charge in [-0.15, -0.1) is 0 Å². The summed E-state index contributed by atoms with van der Waals surface area (Å²) in [5.41, 5.74) is 2.51. The van der Waals surface area contributed by atoms with Crippen molar-refractivity contribution in [3.63, 3.8) is 0 Å². The second-order valence-electron chi connectivity index (χ2n) is 5.35. The number of hydrogen-bond acceptors (Lipinski definition) is 3. The van der Waals surface area contributed by atoms with E-state index in [0.717, 1.165) is 10.9 Å². The Hall–Kier alpha value is -0.960. The molecule has 3 heteroatoms. The van der Waals surface area contributed by atoms with Crippen LogP contribution in [0.25, 0.3) is 0 Å². The molecule has 0 amide bonds. The average molecular weight is 262 g/mol. The lowest BCUT2D eigenvalue weighted by molar-refractivity contribution is 0.661. The maximum Gasteiger partial charge on any atom is 0.161 e. The summed E-state index contributed by atoms with van der Waals surface area (Å²) in [5.74, 6) is 0.561. The zero-order valence-corrected chi connectivity index (χ0v) is 12.4. The summed E-state index contributed by atoms with van der Waals surface area (Å²) in [7, 11) is 0. The molecule has 2 rings (SSSR count). The number of rotatable bonds is 2. The number of benzene rings is 1. The Kier molecular flexibility index (Phi) is 4.33. The highest BCUT2D eigenvalue weighted by molar-refractivity contribution is 8.14. The van der Waals surface area contributed by atoms with Crippen LogP contribution in [0.1, 0.15) is 45.6 Å². The predicted octanol–water partition coefficient (Wildman–Crippen LogP) is 4.49. The summed E-state index contributed by atoms with van der Waals surface area (Å²) >= 11 is 1.84. The molecule has 1 heterocycles. The summed E-state index contributed by atoms with van der Waals surface area (Å²) in [6.07, 6.45) is 1.17. The van der Waals surface area contributed by atoms with E-state index < -0.39 is 0 Å². The second kappa shape index (κ2) is 5.79. The van der Waals surface area contributed by atoms with E-state index in [1.165, 1.54) is 12.0 Å². The fourth-order valence-corrected chi connectivity index (χ4v) is 3.34. The molecule has 1 aromatic rings. The minimum absolute atomic E-state index is 0.428. The SMILES string of the molecule is CC1CC(C)SC(Nc2cccc(C(C)C)c2)=N1. The van der Waals surface area contributed by atoms with Crippen LogP contribution in [0.2, 0.25) is 0 Å². The fraction of sp³-hybridized carbons (Fsp3) is 0.533. The molecule has 0 fully saturated rings. The molecule has 18 heavy (non-hydrogen) atoms. The monoisotopic (exact) mass is 262 g/mol. The Morgan fingerprint density at radius 2 is 2.11 bits per heavy atom. The first-order chi connectivity index (χ1) is 8.54. The first-order valence-electron chi connectivity index (χ1n) is 6.66. The summed E-state index contributed by atoms with van der Waals surface area (Å²) in [6.45, 7) is 8.89. The van der Waals surface area contributed by atoms with Crippen molar-refractivity contribution < 1.29 is 0 Å². The van der Waals surface area contributed by atoms with Crippen LogP contribution >= 0.6 is 11.8 Å². The van der Waals surface area contributed by atoms with Gasteiger partial charge >= 0.3 is 0 Å². The lowest BCUT2D eigenvalue weighted by Gasteiger charge is -2.23. The van der Waals surface area contributed by atoms with Crippen molar-refractivity contribution >= 4 is 22.6 Å². The van der Waals surface area contributed by atoms with Gasteiger partial charge in [0.05, 0.1) is 6.04 Å². The molecule has 0 saturated heterocycles. The maximum absolute atomic E-state index is 4.67. The summed E-state index contributed by atoms with van der Waals surface area (Å²) < 4.78 is 0. The Bertz CT molecular complexity index is 440. The van der Waals surface area contributed by atoms with Crippen LogP contribution in [0.3, 0.4) is 0 Å². The van der Waals surface area contributed by atoms with E-state index in [9.17, 15) is 0 Å². The van der Waals surface area contributed by atoms with Crippen molar-refractivity contribution in [1.29, 1.82) is 0 Å². The highest BCUT2D eigenvalue weighted by Crippen LogP contribution is 2.26. The Morgan fingerprint density at radius 1 is 1.33 bits per heavy atom. The highest BCUT2D eigenvalue weighted by atomic mass is 32.2. The van der Waals surface area contributed by atoms with Crippen LogP contribution in [0, 0.1) is 0 Å². The van der Waals surface area contributed by atoms with Gasteiger partial charge in [-0.3, -0.25) is 4.99 Å². The number of nitrogens with one attached hydrogen (secondary N) is 1. The zero-order valence-electron chi connectivity index (χ0n) is 11.6. The molecule has 1 aliphatic rings. The summed E-state index contributed by atoms with van der Waals surface area (Å²) in [6, 6.07) is 9.04. The van der Waals surface area contributed by atoms with E-state index in [0.29, 0.717) is 17.2 Å². The smallest absolute Gasteiger partial charge is 0.161 e. The van der Waals surface area contributed by atoms with Crippen molar-refractivity contribution in [3.05, 3.63) is 29.8 Å². The van der Waals surface area contributed by atoms with Crippen LogP contribution < -0.4 is 5.32 Å². The lowest BCUT2D eigenvalue weighted by atomic mass is 10.0. The molecule has 2 nitrogen and oxygen atoms in total. The van der Waals surface area contributed by atoms with Crippen LogP contribution in [0.5, 0.6) is 0 Å². The van der Waals surface area contributed by atoms with Gasteiger partial charge in [0.25, 0.3) is 0 Å². The number of amidine groups is 1. The van der Waals surface area contributed by atoms with Gasteiger partial charge in [-0.2, -0.15) is 0 Å². The third-order valence-corrected chi connectivity index (χ3v) is 4.15. The van der Waals surface area contributed by atoms with Crippen LogP contribution in [0.15, 0.2) is 29.3 Å². The van der Waals surface area contributed by atoms with Gasteiger partial charge < -0.3 is 5.32 Å². The molecule has 2 unspecified atom stereocenters. The van der Waals surface area contributed by atoms with Gasteiger partial charge in [0.15, 0.2) is 5.17 Å². The molecular weight excluding hydrogens is 240 g/mol. The average Bonchev–Trinajstić information content (AvgIpc) is 2.27. The number of aliphatic imine (C=N–C) groups is 1. The summed E-state index contributed by atoms with van der Waals surface area (Å²) in [4.78, 5) is 4.67. The van der Waals surface area contributed by atoms with Crippen molar-refractivity contribution in [2.75, 3.05) is 5.32 Å². The third kappa shape index (κ3) is 3.52. The first kappa shape index (κ1) is 13.5. The molecule has 1 aromatic carbocycles. The Morgan fingerprint density at radius 3 is 2.78 bits per heavy atom. The molecule has 0 bridgehead atoms. The number of thioether (sulfide) groups is 1. The number of hydrogen-bond donors (Lipinski definition) is 1. The third-order valence-electron chi connectivity index (χ3n) is 3.13. The van der Waals surface area contributed by atoms with Crippen LogP contribution in [-0.2, 0) is 0 Å². The van der Waals surface area contributed by atoms with Crippen molar-refractivity contribution in [3.8, 4) is 0 Å². The lowest BCUT2D eigenvalue weighted by Crippen LogP contribution is -2.22. The van der Waals surface area contributed by atoms with Gasteiger partial charge in [-0.1, -0.05) is 44.7 Å². The molecular formula is C15H22N2S. The number of nitrogens with zero attached hydrogens (tertiary/aromatic N) is 1. The largest absolute Gasteiger partial charge is 0.335 e. The second-order valence-corrected chi connectivity index (χ2v) is 6.78. The quantitative estimate of drug-likeness (QED) is 0.849. The summed E-state index contributed by atoms with van der Waals surface area (Å²) in [5, 5.41) is 5.15. The van der Waals surface area contributed by atoms with E-state index in [4.69, 9.17) is 0 Å². The van der Waals surface area contributed by atoms with Gasteiger partial charge in [0, 0.05) is 10.9 Å². The standard InChI is InChI=1S/C15H22N2S/c1-10(2)13-6-5-7-14(9-13)17-15-16-11(3)8-12(4)18-15/h5-7,9-12H,8H2,1-4H3,(H,16,17). The molecule has 98 valence electrons. The predicted molar refractivity (Wildman–Crippen MR) is 82.7 cm³/mol. The van der Waals surface area contributed by atoms with E-state index in [2.05, 4.69) is 62.3 Å². The van der Waals surface area contributed by atoms with E-state index in [1.807, 2.05) is 11.8 Å². The van der Waals surface area contributed by atoms with Crippen LogP contribution in [-0.4, -0.2) is 16.5 Å². The normalized spacial score (nSPS) is 23.9. The molecule has 0 aromatic heterocycles. The molecule has 1 N–H and O–H groups in total. The van der Waals surface area contributed by atoms with Crippen molar-refractivity contribution in [2.24, 2.45) is 4.99 Å². The molecule has 2 atom stereocenters. The number of anilines is 1. The van der Waals surface area contributed by atoms with Crippen LogP contribution in [0.4, 0.5) is 5.69 Å². The molecule has 0 radical (unpaired) electrons. The topological polar surface area (TPSA) is 24.4 Å². The molecule has 0 saturated carbocycles. The van der Waals surface area contributed by atoms with E-state index in [1.54, 1.807) is 0 Å². The minimum Gasteiger partial charge on any atom is -0.335 e. The van der Waals surface area contributed by atoms with E-state index in [-0.39, 0.29) is 0 Å². The van der Waals surface area contributed by atoms with Crippen molar-refractivity contribution in [1.82, 2.24) is 0 Å². The Labute approximate surface area is 114 Å². The van der Waals surface area contributed by atoms with E-state index >= 15 is 0 Å². The van der Waals surface area contributed by atoms with Gasteiger partial charge in [-0.25, -0.2) is 0 Å². The molecule has 1 aliphatic heterocycles. The zero-order chi connectivity index (χ0) is 13.1. The van der Waals surface area contributed by atoms with Crippen molar-refractivity contribution in [2.45, 2.75) is 51.3 Å². The van der Waals surface area contributed by atoms with Gasteiger partial charge in [0.2, 0.25) is 0 Å². The Balaban J connectivity index is 2.11. The first-order valence-corrected chi connectivity index (χ1v) is 7.54. The molecule has 0 aliphatic carbocycles. The van der Waals surface area contributed by atoms with Gasteiger partial charge in [0.1, 0.15) is 0 Å². The maximum atomic E-state index is 4.67. The highest BCUT2D eigenvalue weighted by Gasteiger charge is 2.18. The fourth-order valence-electron chi connectivity index (χ4n) is 2.16. The molecule has 0 spiro atoms. The van der Waals surface area contributed by atoms with Gasteiger partial charge in [-0.05, 0) is 37.0 Å².